The van der Waals surface area contributed by atoms with Gasteiger partial charge in [0, 0.05) is 110 Å². The van der Waals surface area contributed by atoms with Crippen molar-refractivity contribution < 1.29 is 106 Å². The maximum absolute atomic E-state index is 15.0. The summed E-state index contributed by atoms with van der Waals surface area (Å²) in [6.07, 6.45) is 4.16. The number of benzene rings is 2. The molecule has 4 rings (SSSR count). The number of alkyl carbamates (subject to hydrolysis) is 1. The van der Waals surface area contributed by atoms with Crippen LogP contribution in [-0.2, 0) is 94.2 Å². The molecule has 0 aromatic heterocycles. The number of allylic oxidation sites excluding steroid dienone is 2. The van der Waals surface area contributed by atoms with Gasteiger partial charge in [-0.15, -0.1) is 0 Å². The molecule has 128 heavy (non-hydrogen) atoms. The number of carboxylic acids is 1. The minimum atomic E-state index is -1.52. The number of phenolic OH excluding ortho intramolecular Hbond substituents is 1. The number of thiol groups is 1. The molecule has 1 saturated heterocycles. The highest BCUT2D eigenvalue weighted by atomic mass is 33.1. The molecule has 2 aliphatic rings. The van der Waals surface area contributed by atoms with Crippen molar-refractivity contribution in [3.05, 3.63) is 99.8 Å². The molecule has 1 heterocycles. The summed E-state index contributed by atoms with van der Waals surface area (Å²) in [5.74, 6) is -22.0. The Morgan fingerprint density at radius 1 is 0.758 bits per heavy atom. The fourth-order valence-electron chi connectivity index (χ4n) is 14.5. The molecule has 1 fully saturated rings. The molecule has 7 amide bonds. The van der Waals surface area contributed by atoms with E-state index in [1.165, 1.54) is 45.9 Å². The lowest BCUT2D eigenvalue weighted by atomic mass is 9.85. The number of aliphatic hydroxyl groups is 1. The molecule has 0 spiro atoms. The van der Waals surface area contributed by atoms with Gasteiger partial charge in [-0.05, 0) is 118 Å². The van der Waals surface area contributed by atoms with Crippen LogP contribution in [0.3, 0.4) is 0 Å². The molecule has 2 unspecified atom stereocenters. The Balaban J connectivity index is 1.49. The zero-order chi connectivity index (χ0) is 95.5. The topological polar surface area (TPSA) is 558 Å². The van der Waals surface area contributed by atoms with Crippen molar-refractivity contribution >= 4 is 145 Å². The Bertz CT molecular complexity index is 4280. The van der Waals surface area contributed by atoms with E-state index < -0.39 is 260 Å². The molecule has 2 aromatic rings. The molecule has 1 aliphatic heterocycles. The summed E-state index contributed by atoms with van der Waals surface area (Å²) in [6.45, 7) is 12.1. The second-order valence-electron chi connectivity index (χ2n) is 33.6. The number of hydrogen-bond donors (Lipinski definition) is 12. The summed E-state index contributed by atoms with van der Waals surface area (Å²) in [5, 5.41) is 47.1. The van der Waals surface area contributed by atoms with Crippen molar-refractivity contribution in [2.24, 2.45) is 80.6 Å². The summed E-state index contributed by atoms with van der Waals surface area (Å²) < 4.78 is 25.7. The number of halogens is 1. The second-order valence-corrected chi connectivity index (χ2v) is 38.0. The van der Waals surface area contributed by atoms with Crippen LogP contribution in [0.5, 0.6) is 5.75 Å². The zero-order valence-corrected chi connectivity index (χ0v) is 78.0. The van der Waals surface area contributed by atoms with E-state index in [-0.39, 0.29) is 98.5 Å². The molecule has 708 valence electrons. The second kappa shape index (κ2) is 57.3. The number of unbranched alkanes of at least 4 members (excludes halogenated alkanes) is 1. The predicted octanol–water partition coefficient (Wildman–Crippen LogP) is 7.72. The molecule has 0 bridgehead atoms. The number of thioether (sulfide) groups is 1. The smallest absolute Gasteiger partial charge is 0.407 e. The maximum Gasteiger partial charge on any atom is 0.407 e. The largest absolute Gasteiger partial charge is 0.505 e. The van der Waals surface area contributed by atoms with Crippen LogP contribution in [0.2, 0.25) is 0 Å². The van der Waals surface area contributed by atoms with Crippen LogP contribution in [0.15, 0.2) is 82.6 Å². The van der Waals surface area contributed by atoms with Crippen molar-refractivity contribution in [1.82, 2.24) is 36.4 Å². The van der Waals surface area contributed by atoms with Crippen LogP contribution in [0, 0.1) is 59.1 Å². The number of likely N-dealkylation sites (tertiary alicyclic amines) is 1. The highest BCUT2D eigenvalue weighted by molar-refractivity contribution is 8.77. The summed E-state index contributed by atoms with van der Waals surface area (Å²) in [7, 11) is 4.09. The zero-order valence-electron chi connectivity index (χ0n) is 74.7. The van der Waals surface area contributed by atoms with Crippen molar-refractivity contribution in [2.45, 2.75) is 225 Å². The van der Waals surface area contributed by atoms with Crippen molar-refractivity contribution in [2.75, 3.05) is 70.8 Å². The maximum atomic E-state index is 15.0. The molecule has 35 nitrogen and oxygen atoms in total. The van der Waals surface area contributed by atoms with Crippen LogP contribution in [0.1, 0.15) is 182 Å². The molecule has 0 saturated carbocycles. The predicted molar refractivity (Wildman–Crippen MR) is 488 cm³/mol. The number of hydrogen-bond acceptors (Lipinski definition) is 27. The molecule has 0 radical (unpaired) electrons. The molecule has 40 heteroatoms. The van der Waals surface area contributed by atoms with Crippen molar-refractivity contribution in [3.63, 3.8) is 0 Å². The van der Waals surface area contributed by atoms with Gasteiger partial charge in [-0.25, -0.2) is 14.0 Å². The number of carboxylic acid groups (broad SMARTS) is 1. The average Bonchev–Trinajstić information content (AvgIpc) is 1.63. The fraction of sp³-hybridized carbons (Fsp3) is 0.625. The van der Waals surface area contributed by atoms with Crippen molar-refractivity contribution in [3.8, 4) is 5.75 Å². The molecular formula is C88H129FN14O21S4. The number of carbonyl (C=O) groups excluding carboxylic acids is 15. The van der Waals surface area contributed by atoms with Gasteiger partial charge in [0.05, 0.1) is 67.6 Å². The number of Topliss-reactive ketones (excluding diaryl/α,β-unsaturated/α-hetero) is 6. The number of ketones is 6. The van der Waals surface area contributed by atoms with Gasteiger partial charge in [0.15, 0.2) is 63.9 Å². The Hall–Kier alpha value is -9.73. The number of nitrogens with two attached hydrogens (primary N) is 3. The van der Waals surface area contributed by atoms with Gasteiger partial charge in [-0.2, -0.15) is 12.6 Å². The molecular weight excluding hydrogens is 1740 g/mol. The molecule has 14 N–H and O–H groups in total. The number of aliphatic imine (C=N–C) groups is 1. The van der Waals surface area contributed by atoms with E-state index in [2.05, 4.69) is 54.2 Å². The Labute approximate surface area is 764 Å². The number of nitrogens with one attached hydrogen (secondary N) is 5. The number of nitrogens with zero attached hydrogens (tertiary/aromatic N) is 6. The Kier molecular flexibility index (Phi) is 49.5. The first-order chi connectivity index (χ1) is 60.6. The fourth-order valence-corrected chi connectivity index (χ4v) is 17.7. The summed E-state index contributed by atoms with van der Waals surface area (Å²) >= 11 is 5.23. The van der Waals surface area contributed by atoms with E-state index in [1.807, 2.05) is 20.8 Å². The standard InChI is InChI=1S/C88H129FN14O21S4/c1-11-20-65(96-80(115)60(49-125)42-74(110)69(37-53-21-14-13-15-22-53)102(9)82(117)59(46-104)41-71(107)67(50-127-128-88(6,7)8)98-87(122)124-47-54-26-29-61(30-27-54)100-101-93)85(121)123-48-76(112)99-78(52(5)12-2)75(111)39-56(23-16-17-32-90)79(114)97-66(36-55-28-31-70(106)64(89)35-55)72(108)44-63(51(3)4)81(116)95-45-62(105)38-58(43-77(113)126-10)83(118)103-34-19-25-68(103)73(109)40-57(84(119)120)24-18-33-94-86(91)92/h13-15,21-22,26,28-31,35,51-52,54,56-60,63,65-69,78,104,106,125H,11-12,16-20,23-25,27,32-34,36-50,90H2,1-10H3,(H,95,116)(H,96,115)(H,97,114)(H,98,122)(H,99,112)(H,119,120)(H4,91,92,94)/t52?,54?,56-,57-,58+,59+,60+,63+,65+,66+,67+,68+,69+,78+/m1/s1. The Morgan fingerprint density at radius 3 is 2.02 bits per heavy atom. The van der Waals surface area contributed by atoms with E-state index in [4.69, 9.17) is 32.2 Å². The van der Waals surface area contributed by atoms with Gasteiger partial charge in [-0.1, -0.05) is 168 Å². The highest BCUT2D eigenvalue weighted by Gasteiger charge is 2.42. The number of carbonyl (C=O) groups is 16. The number of guanidine groups is 1. The van der Waals surface area contributed by atoms with Crippen molar-refractivity contribution in [1.29, 1.82) is 0 Å². The molecule has 14 atom stereocenters. The number of aromatic hydroxyl groups is 1. The SMILES string of the molecule is CCC[C@H](NC(=O)[C@H](CS)CC(=O)[C@H](Cc1ccccc1)N(C)C(=O)[C@H](CO)CC(=O)[C@H](CSSC(C)(C)C)NC(=O)OCC1C=CC(N=[N+]=[N-])=CC1)C(=O)OCC(=O)N[C@H](C(=O)C[C@@H](CCCCN)C(=O)N[C@@H](Cc1ccc(O)c(F)c1)C(=O)C[C@H](C(=O)NCC(=O)C[C@@H](CC(=O)SC)C(=O)N1CCC[C@H]1C(=O)C[C@@H](CCCN=C(N)N)C(=O)O)C(C)C)C(C)CC. The van der Waals surface area contributed by atoms with Crippen LogP contribution in [0.25, 0.3) is 10.4 Å². The summed E-state index contributed by atoms with van der Waals surface area (Å²) in [6, 6.07) is 4.20. The van der Waals surface area contributed by atoms with E-state index in [0.717, 1.165) is 28.8 Å². The normalized spacial score (nSPS) is 16.5. The minimum absolute atomic E-state index is 0.0206. The first kappa shape index (κ1) is 111. The van der Waals surface area contributed by atoms with Gasteiger partial charge in [0.2, 0.25) is 29.5 Å². The lowest BCUT2D eigenvalue weighted by Gasteiger charge is -2.31. The van der Waals surface area contributed by atoms with Gasteiger partial charge < -0.3 is 78.4 Å². The first-order valence-corrected chi connectivity index (χ1v) is 47.3. The highest BCUT2D eigenvalue weighted by Crippen LogP contribution is 2.36. The van der Waals surface area contributed by atoms with Crippen LogP contribution < -0.4 is 43.8 Å². The number of rotatable bonds is 60. The molecule has 2 aromatic carbocycles. The number of phenols is 1. The summed E-state index contributed by atoms with van der Waals surface area (Å²) in [4.78, 5) is 233. The van der Waals surface area contributed by atoms with Crippen LogP contribution >= 0.6 is 46.0 Å². The number of aliphatic carboxylic acids is 1. The first-order valence-electron chi connectivity index (χ1n) is 43.2. The number of ether oxygens (including phenoxy) is 2. The van der Waals surface area contributed by atoms with Gasteiger partial charge in [-0.3, -0.25) is 72.1 Å². The monoisotopic (exact) mass is 1860 g/mol. The quantitative estimate of drug-likeness (QED) is 0.00347. The van der Waals surface area contributed by atoms with E-state index in [1.54, 1.807) is 83.2 Å². The number of esters is 1. The molecule has 1 aliphatic carbocycles. The van der Waals surface area contributed by atoms with E-state index in [9.17, 15) is 92.0 Å². The lowest BCUT2D eigenvalue weighted by molar-refractivity contribution is -0.152. The third-order valence-electron chi connectivity index (χ3n) is 22.1. The average molecular weight is 1870 g/mol. The Morgan fingerprint density at radius 2 is 1.42 bits per heavy atom. The summed E-state index contributed by atoms with van der Waals surface area (Å²) in [5.41, 5.74) is 26.6. The number of likely N-dealkylation sites (N-methyl/N-ethyl adjacent to an activating group) is 1. The number of amides is 7. The van der Waals surface area contributed by atoms with E-state index in [0.29, 0.717) is 49.8 Å². The van der Waals surface area contributed by atoms with Gasteiger partial charge in [0.1, 0.15) is 12.1 Å². The third-order valence-corrected chi connectivity index (χ3v) is 26.5. The van der Waals surface area contributed by atoms with Crippen LogP contribution in [-0.4, -0.2) is 236 Å². The number of aliphatic hydroxyl groups excluding tert-OH is 1. The van der Waals surface area contributed by atoms with Crippen LogP contribution in [0.4, 0.5) is 9.18 Å². The van der Waals surface area contributed by atoms with Gasteiger partial charge in [0.25, 0.3) is 5.91 Å². The van der Waals surface area contributed by atoms with Gasteiger partial charge >= 0.3 is 18.0 Å². The third kappa shape index (κ3) is 38.9. The lowest BCUT2D eigenvalue weighted by Crippen LogP contribution is -2.51. The van der Waals surface area contributed by atoms with E-state index >= 15 is 4.39 Å². The number of azide groups is 1. The minimum Gasteiger partial charge on any atom is -0.505 e.